The molecule has 0 aromatic heterocycles. The maximum atomic E-state index is 12.2. The highest BCUT2D eigenvalue weighted by Crippen LogP contribution is 2.22. The van der Waals surface area contributed by atoms with E-state index in [0.717, 1.165) is 17.1 Å². The zero-order valence-electron chi connectivity index (χ0n) is 13.0. The lowest BCUT2D eigenvalue weighted by Gasteiger charge is -2.22. The second-order valence-electron chi connectivity index (χ2n) is 5.70. The van der Waals surface area contributed by atoms with Crippen LogP contribution in [0.5, 0.6) is 11.5 Å². The fourth-order valence-electron chi connectivity index (χ4n) is 2.33. The monoisotopic (exact) mass is 309 g/mol. The second kappa shape index (κ2) is 6.52. The van der Waals surface area contributed by atoms with Crippen LogP contribution in [-0.2, 0) is 11.3 Å². The Hall–Kier alpha value is -2.82. The van der Waals surface area contributed by atoms with Crippen molar-refractivity contribution in [2.45, 2.75) is 25.4 Å². The van der Waals surface area contributed by atoms with E-state index < -0.39 is 5.54 Å². The molecule has 2 aromatic rings. The molecule has 1 atom stereocenters. The summed E-state index contributed by atoms with van der Waals surface area (Å²) in [5.41, 5.74) is 3.17. The van der Waals surface area contributed by atoms with E-state index in [-0.39, 0.29) is 5.91 Å². The molecule has 0 saturated carbocycles. The molecule has 2 aromatic carbocycles. The summed E-state index contributed by atoms with van der Waals surface area (Å²) in [6.07, 6.45) is 2.31. The molecule has 5 nitrogen and oxygen atoms in total. The number of hydrogen-bond donors (Lipinski definition) is 2. The summed E-state index contributed by atoms with van der Waals surface area (Å²) in [6.45, 7) is 2.28. The van der Waals surface area contributed by atoms with Gasteiger partial charge >= 0.3 is 0 Å². The number of nitrogens with one attached hydrogen (secondary N) is 2. The number of amides is 1. The SMILES string of the molecule is CC1(C(=O)NCc2cccc(Oc3ccccc3)c2)CC=NN1. The molecule has 1 heterocycles. The summed E-state index contributed by atoms with van der Waals surface area (Å²) < 4.78 is 5.80. The van der Waals surface area contributed by atoms with Crippen LogP contribution in [0.2, 0.25) is 0 Å². The molecule has 118 valence electrons. The van der Waals surface area contributed by atoms with Gasteiger partial charge < -0.3 is 10.1 Å². The van der Waals surface area contributed by atoms with Crippen LogP contribution in [0.3, 0.4) is 0 Å². The van der Waals surface area contributed by atoms with E-state index in [1.54, 1.807) is 6.21 Å². The Morgan fingerprint density at radius 2 is 2.00 bits per heavy atom. The topological polar surface area (TPSA) is 62.7 Å². The molecule has 0 radical (unpaired) electrons. The molecule has 0 saturated heterocycles. The van der Waals surface area contributed by atoms with E-state index in [0.29, 0.717) is 13.0 Å². The lowest BCUT2D eigenvalue weighted by Crippen LogP contribution is -2.50. The minimum absolute atomic E-state index is 0.0654. The molecule has 1 amide bonds. The Balaban J connectivity index is 1.60. The van der Waals surface area contributed by atoms with E-state index in [4.69, 9.17) is 4.74 Å². The molecule has 0 aliphatic carbocycles. The van der Waals surface area contributed by atoms with Crippen molar-refractivity contribution in [1.82, 2.24) is 10.7 Å². The Bertz CT molecular complexity index is 705. The highest BCUT2D eigenvalue weighted by atomic mass is 16.5. The average molecular weight is 309 g/mol. The number of carbonyl (C=O) groups excluding carboxylic acids is 1. The lowest BCUT2D eigenvalue weighted by atomic mass is 9.99. The number of rotatable bonds is 5. The highest BCUT2D eigenvalue weighted by molar-refractivity contribution is 5.90. The maximum absolute atomic E-state index is 12.2. The second-order valence-corrected chi connectivity index (χ2v) is 5.70. The third kappa shape index (κ3) is 3.69. The van der Waals surface area contributed by atoms with Crippen molar-refractivity contribution >= 4 is 12.1 Å². The predicted molar refractivity (Wildman–Crippen MR) is 89.5 cm³/mol. The molecule has 0 spiro atoms. The molecule has 5 heteroatoms. The lowest BCUT2D eigenvalue weighted by molar-refractivity contribution is -0.126. The van der Waals surface area contributed by atoms with Gasteiger partial charge in [-0.2, -0.15) is 5.10 Å². The molecule has 1 unspecified atom stereocenters. The molecule has 2 N–H and O–H groups in total. The Morgan fingerprint density at radius 1 is 1.22 bits per heavy atom. The van der Waals surface area contributed by atoms with Gasteiger partial charge in [-0.1, -0.05) is 30.3 Å². The smallest absolute Gasteiger partial charge is 0.247 e. The van der Waals surface area contributed by atoms with Crippen LogP contribution in [0.25, 0.3) is 0 Å². The number of nitrogens with zero attached hydrogens (tertiary/aromatic N) is 1. The average Bonchev–Trinajstić information content (AvgIpc) is 3.02. The van der Waals surface area contributed by atoms with Gasteiger partial charge in [-0.3, -0.25) is 10.2 Å². The number of ether oxygens (including phenoxy) is 1. The molecule has 23 heavy (non-hydrogen) atoms. The van der Waals surface area contributed by atoms with Gasteiger partial charge in [0.15, 0.2) is 0 Å². The Labute approximate surface area is 135 Å². The van der Waals surface area contributed by atoms with E-state index in [1.807, 2.05) is 61.5 Å². The van der Waals surface area contributed by atoms with Gasteiger partial charge in [-0.05, 0) is 36.8 Å². The number of carbonyl (C=O) groups is 1. The van der Waals surface area contributed by atoms with Gasteiger partial charge in [0.25, 0.3) is 0 Å². The Morgan fingerprint density at radius 3 is 2.74 bits per heavy atom. The van der Waals surface area contributed by atoms with Crippen LogP contribution in [0, 0.1) is 0 Å². The quantitative estimate of drug-likeness (QED) is 0.892. The van der Waals surface area contributed by atoms with Crippen molar-refractivity contribution in [2.24, 2.45) is 5.10 Å². The summed E-state index contributed by atoms with van der Waals surface area (Å²) in [5.74, 6) is 1.47. The summed E-state index contributed by atoms with van der Waals surface area (Å²) in [4.78, 5) is 12.2. The van der Waals surface area contributed by atoms with E-state index in [2.05, 4.69) is 15.8 Å². The molecular weight excluding hydrogens is 290 g/mol. The zero-order valence-corrected chi connectivity index (χ0v) is 13.0. The summed E-state index contributed by atoms with van der Waals surface area (Å²) in [5, 5.41) is 6.85. The standard InChI is InChI=1S/C18H19N3O2/c1-18(10-11-20-21-18)17(22)19-13-14-6-5-9-16(12-14)23-15-7-3-2-4-8-15/h2-9,11-12,21H,10,13H2,1H3,(H,19,22). The van der Waals surface area contributed by atoms with Crippen molar-refractivity contribution < 1.29 is 9.53 Å². The summed E-state index contributed by atoms with van der Waals surface area (Å²) >= 11 is 0. The zero-order chi connectivity index (χ0) is 16.1. The maximum Gasteiger partial charge on any atom is 0.247 e. The van der Waals surface area contributed by atoms with Gasteiger partial charge in [0.05, 0.1) is 0 Å². The van der Waals surface area contributed by atoms with Gasteiger partial charge in [0, 0.05) is 19.2 Å². The molecule has 0 bridgehead atoms. The van der Waals surface area contributed by atoms with Crippen molar-refractivity contribution in [2.75, 3.05) is 0 Å². The van der Waals surface area contributed by atoms with Gasteiger partial charge in [-0.15, -0.1) is 0 Å². The highest BCUT2D eigenvalue weighted by Gasteiger charge is 2.34. The van der Waals surface area contributed by atoms with Gasteiger partial charge in [0.1, 0.15) is 17.0 Å². The van der Waals surface area contributed by atoms with Crippen LogP contribution in [0.15, 0.2) is 59.7 Å². The van der Waals surface area contributed by atoms with Gasteiger partial charge in [-0.25, -0.2) is 0 Å². The molecular formula is C18H19N3O2. The third-order valence-corrected chi connectivity index (χ3v) is 3.73. The molecule has 0 fully saturated rings. The minimum atomic E-state index is -0.655. The van der Waals surface area contributed by atoms with Crippen LogP contribution >= 0.6 is 0 Å². The minimum Gasteiger partial charge on any atom is -0.457 e. The van der Waals surface area contributed by atoms with Crippen LogP contribution in [0.1, 0.15) is 18.9 Å². The predicted octanol–water partition coefficient (Wildman–Crippen LogP) is 2.83. The van der Waals surface area contributed by atoms with Crippen LogP contribution in [0.4, 0.5) is 0 Å². The van der Waals surface area contributed by atoms with E-state index in [9.17, 15) is 4.79 Å². The first-order valence-corrected chi connectivity index (χ1v) is 7.55. The number of hydrogen-bond acceptors (Lipinski definition) is 4. The normalized spacial score (nSPS) is 19.2. The first-order chi connectivity index (χ1) is 11.2. The van der Waals surface area contributed by atoms with Crippen molar-refractivity contribution in [3.63, 3.8) is 0 Å². The number of hydrazone groups is 1. The summed E-state index contributed by atoms with van der Waals surface area (Å²) in [6, 6.07) is 17.3. The largest absolute Gasteiger partial charge is 0.457 e. The van der Waals surface area contributed by atoms with Crippen molar-refractivity contribution in [3.8, 4) is 11.5 Å². The number of para-hydroxylation sites is 1. The first-order valence-electron chi connectivity index (χ1n) is 7.55. The van der Waals surface area contributed by atoms with Gasteiger partial charge in [0.2, 0.25) is 5.91 Å². The number of benzene rings is 2. The molecule has 1 aliphatic rings. The van der Waals surface area contributed by atoms with Crippen molar-refractivity contribution in [1.29, 1.82) is 0 Å². The molecule has 1 aliphatic heterocycles. The van der Waals surface area contributed by atoms with E-state index >= 15 is 0 Å². The fraction of sp³-hybridized carbons (Fsp3) is 0.222. The van der Waals surface area contributed by atoms with E-state index in [1.165, 1.54) is 0 Å². The van der Waals surface area contributed by atoms with Crippen molar-refractivity contribution in [3.05, 3.63) is 60.2 Å². The third-order valence-electron chi connectivity index (χ3n) is 3.73. The molecule has 3 rings (SSSR count). The van der Waals surface area contributed by atoms with Crippen LogP contribution in [-0.4, -0.2) is 17.7 Å². The first kappa shape index (κ1) is 15.1. The summed E-state index contributed by atoms with van der Waals surface area (Å²) in [7, 11) is 0. The van der Waals surface area contributed by atoms with Crippen LogP contribution < -0.4 is 15.5 Å². The fourth-order valence-corrected chi connectivity index (χ4v) is 2.33. The Kier molecular flexibility index (Phi) is 4.28.